The van der Waals surface area contributed by atoms with Crippen LogP contribution < -0.4 is 20.5 Å². The van der Waals surface area contributed by atoms with Crippen LogP contribution in [-0.4, -0.2) is 38.6 Å². The first kappa shape index (κ1) is 23.9. The summed E-state index contributed by atoms with van der Waals surface area (Å²) in [5, 5.41) is 21.1. The maximum Gasteiger partial charge on any atom is 0.422 e. The van der Waals surface area contributed by atoms with Gasteiger partial charge in [-0.25, -0.2) is 13.6 Å². The van der Waals surface area contributed by atoms with Crippen LogP contribution >= 0.6 is 0 Å². The number of carbonyl (C=O) groups is 1. The van der Waals surface area contributed by atoms with E-state index in [1.807, 2.05) is 0 Å². The molecule has 0 saturated heterocycles. The first-order chi connectivity index (χ1) is 14.4. The lowest BCUT2D eigenvalue weighted by molar-refractivity contribution is -0.384. The third kappa shape index (κ3) is 7.42. The molecule has 0 spiro atoms. The molecule has 0 unspecified atom stereocenters. The number of hydrogen-bond acceptors (Lipinski definition) is 7. The van der Waals surface area contributed by atoms with Crippen molar-refractivity contribution in [2.45, 2.75) is 17.5 Å². The number of rotatable bonds is 9. The molecule has 168 valence electrons. The van der Waals surface area contributed by atoms with Gasteiger partial charge in [0.2, 0.25) is 15.9 Å². The van der Waals surface area contributed by atoms with Crippen molar-refractivity contribution in [2.75, 3.05) is 23.8 Å². The number of halogens is 3. The predicted octanol–water partition coefficient (Wildman–Crippen LogP) is 2.62. The van der Waals surface area contributed by atoms with Crippen molar-refractivity contribution in [3.05, 3.63) is 52.6 Å². The summed E-state index contributed by atoms with van der Waals surface area (Å²) < 4.78 is 64.3. The van der Waals surface area contributed by atoms with Crippen LogP contribution in [0.25, 0.3) is 0 Å². The Morgan fingerprint density at radius 2 is 1.84 bits per heavy atom. The van der Waals surface area contributed by atoms with Crippen molar-refractivity contribution in [1.82, 2.24) is 0 Å². The van der Waals surface area contributed by atoms with Crippen LogP contribution in [0.5, 0.6) is 5.75 Å². The van der Waals surface area contributed by atoms with Gasteiger partial charge in [-0.1, -0.05) is 12.1 Å². The molecule has 0 aliphatic rings. The highest BCUT2D eigenvalue weighted by Gasteiger charge is 2.29. The molecule has 0 saturated carbocycles. The summed E-state index contributed by atoms with van der Waals surface area (Å²) in [6.45, 7) is -1.62. The molecule has 14 heteroatoms. The zero-order chi connectivity index (χ0) is 23.2. The molecule has 0 heterocycles. The smallest absolute Gasteiger partial charge is 0.422 e. The molecule has 0 aliphatic heterocycles. The van der Waals surface area contributed by atoms with E-state index in [0.717, 1.165) is 18.2 Å². The van der Waals surface area contributed by atoms with Crippen LogP contribution in [0.2, 0.25) is 0 Å². The number of alkyl halides is 3. The quantitative estimate of drug-likeness (QED) is 0.382. The zero-order valence-electron chi connectivity index (χ0n) is 15.7. The second kappa shape index (κ2) is 9.61. The number of benzene rings is 2. The molecule has 10 nitrogen and oxygen atoms in total. The lowest BCUT2D eigenvalue weighted by Gasteiger charge is -2.14. The minimum Gasteiger partial charge on any atom is -0.482 e. The molecular formula is C17H17F3N4O6S. The number of ether oxygens (including phenoxy) is 1. The fourth-order valence-electron chi connectivity index (χ4n) is 2.37. The highest BCUT2D eigenvalue weighted by Crippen LogP contribution is 2.28. The van der Waals surface area contributed by atoms with Crippen LogP contribution in [0.4, 0.5) is 30.2 Å². The van der Waals surface area contributed by atoms with E-state index in [9.17, 15) is 36.5 Å². The van der Waals surface area contributed by atoms with E-state index in [0.29, 0.717) is 0 Å². The van der Waals surface area contributed by atoms with Crippen LogP contribution in [-0.2, 0) is 14.8 Å². The summed E-state index contributed by atoms with van der Waals surface area (Å²) in [5.74, 6) is -0.769. The van der Waals surface area contributed by atoms with Crippen LogP contribution in [0.1, 0.15) is 6.42 Å². The van der Waals surface area contributed by atoms with Crippen molar-refractivity contribution < 1.29 is 36.0 Å². The van der Waals surface area contributed by atoms with Gasteiger partial charge in [-0.15, -0.1) is 0 Å². The number of carbonyl (C=O) groups excluding carboxylic acids is 1. The zero-order valence-corrected chi connectivity index (χ0v) is 16.5. The number of anilines is 2. The molecule has 31 heavy (non-hydrogen) atoms. The standard InChI is InChI=1S/C17H17F3N4O6S/c18-17(19,20)10-30-15-4-2-1-3-13(15)23-16(25)7-8-22-12-6-5-11(31(21,28)29)9-14(12)24(26)27/h1-6,9,22H,7-8,10H2,(H,23,25)(H2,21,28,29). The number of nitrogens with two attached hydrogens (primary N) is 1. The van der Waals surface area contributed by atoms with Crippen molar-refractivity contribution in [3.63, 3.8) is 0 Å². The van der Waals surface area contributed by atoms with Crippen LogP contribution in [0.15, 0.2) is 47.4 Å². The largest absolute Gasteiger partial charge is 0.482 e. The number of nitro benzene ring substituents is 1. The number of primary sulfonamides is 1. The average molecular weight is 462 g/mol. The van der Waals surface area contributed by atoms with Gasteiger partial charge in [-0.2, -0.15) is 13.2 Å². The fourth-order valence-corrected chi connectivity index (χ4v) is 2.90. The number of amides is 1. The predicted molar refractivity (Wildman–Crippen MR) is 104 cm³/mol. The monoisotopic (exact) mass is 462 g/mol. The molecule has 0 aliphatic carbocycles. The Labute approximate surface area is 174 Å². The summed E-state index contributed by atoms with van der Waals surface area (Å²) in [7, 11) is -4.14. The second-order valence-corrected chi connectivity index (χ2v) is 7.67. The van der Waals surface area contributed by atoms with Crippen molar-refractivity contribution in [2.24, 2.45) is 5.14 Å². The molecule has 0 aromatic heterocycles. The van der Waals surface area contributed by atoms with Gasteiger partial charge in [0.15, 0.2) is 6.61 Å². The van der Waals surface area contributed by atoms with Gasteiger partial charge in [-0.05, 0) is 24.3 Å². The van der Waals surface area contributed by atoms with Gasteiger partial charge < -0.3 is 15.4 Å². The number of nitrogens with one attached hydrogen (secondary N) is 2. The van der Waals surface area contributed by atoms with E-state index in [-0.39, 0.29) is 30.1 Å². The topological polar surface area (TPSA) is 154 Å². The van der Waals surface area contributed by atoms with Gasteiger partial charge in [0.25, 0.3) is 5.69 Å². The molecule has 2 rings (SSSR count). The normalized spacial score (nSPS) is 11.6. The molecule has 0 atom stereocenters. The SMILES string of the molecule is NS(=O)(=O)c1ccc(NCCC(=O)Nc2ccccc2OCC(F)(F)F)c([N+](=O)[O-])c1. The lowest BCUT2D eigenvalue weighted by Crippen LogP contribution is -2.21. The maximum absolute atomic E-state index is 12.3. The molecule has 4 N–H and O–H groups in total. The van der Waals surface area contributed by atoms with Crippen molar-refractivity contribution in [1.29, 1.82) is 0 Å². The first-order valence-corrected chi connectivity index (χ1v) is 10.0. The summed E-state index contributed by atoms with van der Waals surface area (Å²) in [6.07, 6.45) is -4.75. The highest BCUT2D eigenvalue weighted by atomic mass is 32.2. The van der Waals surface area contributed by atoms with Gasteiger partial charge in [0.05, 0.1) is 15.5 Å². The van der Waals surface area contributed by atoms with Gasteiger partial charge in [-0.3, -0.25) is 14.9 Å². The molecular weight excluding hydrogens is 445 g/mol. The van der Waals surface area contributed by atoms with Gasteiger partial charge >= 0.3 is 6.18 Å². The Bertz CT molecular complexity index is 1080. The van der Waals surface area contributed by atoms with E-state index in [2.05, 4.69) is 15.4 Å². The number of hydrogen-bond donors (Lipinski definition) is 3. The summed E-state index contributed by atoms with van der Waals surface area (Å²) in [5.41, 5.74) is -0.572. The van der Waals surface area contributed by atoms with E-state index >= 15 is 0 Å². The van der Waals surface area contributed by atoms with E-state index < -0.39 is 44.2 Å². The van der Waals surface area contributed by atoms with E-state index in [1.54, 1.807) is 0 Å². The Balaban J connectivity index is 2.00. The molecule has 0 radical (unpaired) electrons. The lowest BCUT2D eigenvalue weighted by atomic mass is 10.2. The molecule has 2 aromatic carbocycles. The highest BCUT2D eigenvalue weighted by molar-refractivity contribution is 7.89. The van der Waals surface area contributed by atoms with Crippen molar-refractivity contribution in [3.8, 4) is 5.75 Å². The number of nitro groups is 1. The fraction of sp³-hybridized carbons (Fsp3) is 0.235. The molecule has 0 fully saturated rings. The first-order valence-electron chi connectivity index (χ1n) is 8.50. The number of nitrogens with zero attached hydrogens (tertiary/aromatic N) is 1. The minimum absolute atomic E-state index is 0.0280. The Kier molecular flexibility index (Phi) is 7.41. The molecule has 2 aromatic rings. The Morgan fingerprint density at radius 3 is 2.45 bits per heavy atom. The van der Waals surface area contributed by atoms with Crippen LogP contribution in [0, 0.1) is 10.1 Å². The summed E-state index contributed by atoms with van der Waals surface area (Å²) in [6, 6.07) is 8.53. The van der Waals surface area contributed by atoms with Gasteiger partial charge in [0, 0.05) is 19.0 Å². The Morgan fingerprint density at radius 1 is 1.16 bits per heavy atom. The second-order valence-electron chi connectivity index (χ2n) is 6.11. The van der Waals surface area contributed by atoms with E-state index in [4.69, 9.17) is 5.14 Å². The average Bonchev–Trinajstić information content (AvgIpc) is 2.66. The minimum atomic E-state index is -4.55. The van der Waals surface area contributed by atoms with Crippen molar-refractivity contribution >= 4 is 33.0 Å². The van der Waals surface area contributed by atoms with Crippen LogP contribution in [0.3, 0.4) is 0 Å². The summed E-state index contributed by atoms with van der Waals surface area (Å²) >= 11 is 0. The number of sulfonamides is 1. The maximum atomic E-state index is 12.3. The van der Waals surface area contributed by atoms with Gasteiger partial charge in [0.1, 0.15) is 11.4 Å². The Hall–Kier alpha value is -3.39. The summed E-state index contributed by atoms with van der Waals surface area (Å²) in [4.78, 5) is 22.0. The molecule has 1 amide bonds. The van der Waals surface area contributed by atoms with E-state index in [1.165, 1.54) is 24.3 Å². The third-order valence-electron chi connectivity index (χ3n) is 3.71. The third-order valence-corrected chi connectivity index (χ3v) is 4.63. The number of para-hydroxylation sites is 2. The molecule has 0 bridgehead atoms.